The van der Waals surface area contributed by atoms with Crippen molar-refractivity contribution in [2.45, 2.75) is 0 Å². The van der Waals surface area contributed by atoms with Crippen molar-refractivity contribution in [2.75, 3.05) is 0 Å². The molecule has 0 rings (SSSR count). The van der Waals surface area contributed by atoms with Gasteiger partial charge in [-0.3, -0.25) is 0 Å². The van der Waals surface area contributed by atoms with Gasteiger partial charge in [0.05, 0.1) is 22.5 Å². The van der Waals surface area contributed by atoms with E-state index in [4.69, 9.17) is 10.2 Å². The van der Waals surface area contributed by atoms with Crippen molar-refractivity contribution in [3.05, 3.63) is 0 Å². The van der Waals surface area contributed by atoms with Crippen LogP contribution in [0.1, 0.15) is 0 Å². The number of hydrogen-bond donors (Lipinski definition) is 2. The van der Waals surface area contributed by atoms with Crippen molar-refractivity contribution in [1.82, 2.24) is 0 Å². The van der Waals surface area contributed by atoms with Gasteiger partial charge in [0.15, 0.2) is 0 Å². The number of hydrogen-bond acceptors (Lipinski definition) is 6. The maximum Gasteiger partial charge on any atom is 1.00 e. The van der Waals surface area contributed by atoms with E-state index >= 15 is 0 Å². The maximum atomic E-state index is 9.56. The molecule has 8 nitrogen and oxygen atoms in total. The van der Waals surface area contributed by atoms with Gasteiger partial charge in [-0.05, 0) is 0 Å². The molecule has 0 aliphatic heterocycles. The Kier molecular flexibility index (Phi) is 28.0. The molecule has 0 saturated carbocycles. The minimum Gasteiger partial charge on any atom is -0.812 e. The Morgan fingerprint density at radius 1 is 0.812 bits per heavy atom. The standard InChI is InChI=1S/2C2H2O4S.2K/c2*3-1(4)2(5)7-6;;/h2*5H,(H,3,4);;/q;;2*+1/p-2. The topological polar surface area (TPSA) is 155 Å². The predicted molar refractivity (Wildman–Crippen MR) is 41.6 cm³/mol. The minimum absolute atomic E-state index is 0. The molecule has 0 amide bonds. The summed E-state index contributed by atoms with van der Waals surface area (Å²) in [5, 5.41) is 31.6. The molecule has 0 aliphatic carbocycles. The van der Waals surface area contributed by atoms with Crippen LogP contribution in [0.15, 0.2) is 0 Å². The van der Waals surface area contributed by atoms with E-state index in [0.29, 0.717) is 0 Å². The van der Waals surface area contributed by atoms with E-state index < -0.39 is 44.6 Å². The Bertz CT molecular complexity index is 308. The molecule has 16 heavy (non-hydrogen) atoms. The van der Waals surface area contributed by atoms with E-state index in [1.165, 1.54) is 0 Å². The molecule has 0 unspecified atom stereocenters. The molecule has 0 aromatic rings. The molecule has 0 aromatic carbocycles. The molecule has 2 N–H and O–H groups in total. The van der Waals surface area contributed by atoms with Crippen LogP contribution in [0.2, 0.25) is 0 Å². The van der Waals surface area contributed by atoms with Crippen molar-refractivity contribution in [1.29, 1.82) is 0 Å². The summed E-state index contributed by atoms with van der Waals surface area (Å²) < 4.78 is 18.5. The van der Waals surface area contributed by atoms with Gasteiger partial charge in [-0.15, -0.1) is 0 Å². The molecule has 80 valence electrons. The summed E-state index contributed by atoms with van der Waals surface area (Å²) in [5.74, 6) is -3.39. The van der Waals surface area contributed by atoms with Crippen LogP contribution < -0.4 is 113 Å². The van der Waals surface area contributed by atoms with Crippen molar-refractivity contribution in [3.8, 4) is 0 Å². The first-order valence-electron chi connectivity index (χ1n) is 2.51. The van der Waals surface area contributed by atoms with Gasteiger partial charge in [-0.25, -0.2) is 18.0 Å². The van der Waals surface area contributed by atoms with Gasteiger partial charge in [-0.1, -0.05) is 0 Å². The Balaban J connectivity index is -0.0000000800. The Morgan fingerprint density at radius 3 is 1.00 bits per heavy atom. The number of carboxylic acids is 2. The molecule has 0 spiro atoms. The van der Waals surface area contributed by atoms with Crippen LogP contribution in [-0.4, -0.2) is 40.7 Å². The second kappa shape index (κ2) is 16.9. The van der Waals surface area contributed by atoms with E-state index in [1.54, 1.807) is 0 Å². The van der Waals surface area contributed by atoms with Gasteiger partial charge >= 0.3 is 115 Å². The van der Waals surface area contributed by atoms with E-state index in [2.05, 4.69) is 0 Å². The third-order valence-electron chi connectivity index (χ3n) is 0.501. The van der Waals surface area contributed by atoms with Gasteiger partial charge in [0.2, 0.25) is 0 Å². The zero-order valence-corrected chi connectivity index (χ0v) is 16.0. The number of rotatable bonds is 0. The summed E-state index contributed by atoms with van der Waals surface area (Å²) in [7, 11) is 0. The number of aliphatic carboxylic acids is 2. The van der Waals surface area contributed by atoms with Gasteiger partial charge < -0.3 is 20.4 Å². The SMILES string of the molecule is O=S=C([O-])C(=O)O.O=S=C([O-])C(=O)O.[K+].[K+]. The first-order valence-corrected chi connectivity index (χ1v) is 3.99. The minimum atomic E-state index is -1.69. The molecule has 0 aliphatic rings. The monoisotopic (exact) mass is 320 g/mol. The molecule has 0 bridgehead atoms. The van der Waals surface area contributed by atoms with Gasteiger partial charge in [-0.2, -0.15) is 0 Å². The van der Waals surface area contributed by atoms with Crippen LogP contribution in [0.4, 0.5) is 0 Å². The van der Waals surface area contributed by atoms with Crippen LogP contribution in [0, 0.1) is 0 Å². The summed E-state index contributed by atoms with van der Waals surface area (Å²) >= 11 is -1.11. The largest absolute Gasteiger partial charge is 1.00 e. The van der Waals surface area contributed by atoms with Crippen LogP contribution in [-0.2, 0) is 32.1 Å². The fourth-order valence-electron chi connectivity index (χ4n) is 0.0713. The number of carbonyl (C=O) groups is 2. The molecule has 0 fully saturated rings. The van der Waals surface area contributed by atoms with Crippen molar-refractivity contribution >= 4 is 44.6 Å². The van der Waals surface area contributed by atoms with Crippen LogP contribution in [0.25, 0.3) is 0 Å². The average molecular weight is 320 g/mol. The molecular formula is C4H2K2O8S2. The Hall–Kier alpha value is 1.91. The molecule has 0 atom stereocenters. The van der Waals surface area contributed by atoms with Crippen LogP contribution in [0.3, 0.4) is 0 Å². The van der Waals surface area contributed by atoms with Gasteiger partial charge in [0.25, 0.3) is 0 Å². The second-order valence-corrected chi connectivity index (χ2v) is 2.43. The van der Waals surface area contributed by atoms with E-state index in [9.17, 15) is 28.2 Å². The third kappa shape index (κ3) is 18.3. The smallest absolute Gasteiger partial charge is 0.812 e. The molecular weight excluding hydrogens is 318 g/mol. The zero-order chi connectivity index (χ0) is 11.7. The van der Waals surface area contributed by atoms with E-state index in [1.807, 2.05) is 0 Å². The summed E-state index contributed by atoms with van der Waals surface area (Å²) in [4.78, 5) is 18.7. The third-order valence-corrected chi connectivity index (χ3v) is 1.15. The fourth-order valence-corrected chi connectivity index (χ4v) is 0.214. The number of carboxylic acid groups (broad SMARTS) is 2. The quantitative estimate of drug-likeness (QED) is 0.329. The van der Waals surface area contributed by atoms with E-state index in [-0.39, 0.29) is 103 Å². The molecule has 0 radical (unpaired) electrons. The first-order chi connectivity index (χ1) is 6.36. The van der Waals surface area contributed by atoms with Crippen LogP contribution in [0.5, 0.6) is 0 Å². The summed E-state index contributed by atoms with van der Waals surface area (Å²) in [6.07, 6.45) is 0. The van der Waals surface area contributed by atoms with Gasteiger partial charge in [0.1, 0.15) is 0 Å². The molecule has 0 saturated heterocycles. The first kappa shape index (κ1) is 26.5. The molecule has 0 aromatic heterocycles. The second-order valence-electron chi connectivity index (χ2n) is 1.35. The summed E-state index contributed by atoms with van der Waals surface area (Å²) in [6, 6.07) is 0. The Labute approximate surface area is 181 Å². The predicted octanol–water partition coefficient (Wildman–Crippen LogP) is -10.4. The fraction of sp³-hybridized carbons (Fsp3) is 0. The van der Waals surface area contributed by atoms with Crippen LogP contribution >= 0.6 is 0 Å². The molecule has 0 heterocycles. The van der Waals surface area contributed by atoms with E-state index in [0.717, 1.165) is 0 Å². The zero-order valence-electron chi connectivity index (χ0n) is 8.16. The van der Waals surface area contributed by atoms with Crippen molar-refractivity contribution < 1.29 is 141 Å². The summed E-state index contributed by atoms with van der Waals surface area (Å²) in [5.41, 5.74) is 0. The Morgan fingerprint density at radius 2 is 1.00 bits per heavy atom. The summed E-state index contributed by atoms with van der Waals surface area (Å²) in [6.45, 7) is 0. The van der Waals surface area contributed by atoms with Crippen molar-refractivity contribution in [2.24, 2.45) is 0 Å². The average Bonchev–Trinajstić information content (AvgIpc) is 2.15. The van der Waals surface area contributed by atoms with Gasteiger partial charge in [0, 0.05) is 10.1 Å². The molecule has 12 heteroatoms. The maximum absolute atomic E-state index is 9.56. The van der Waals surface area contributed by atoms with Crippen molar-refractivity contribution in [3.63, 3.8) is 0 Å². The normalized spacial score (nSPS) is 6.62.